The van der Waals surface area contributed by atoms with Crippen LogP contribution in [0, 0.1) is 13.8 Å². The number of nitrogens with zero attached hydrogens (tertiary/aromatic N) is 3. The maximum atomic E-state index is 12.7. The second-order valence-corrected chi connectivity index (χ2v) is 7.68. The van der Waals surface area contributed by atoms with Crippen LogP contribution in [0.25, 0.3) is 16.9 Å². The molecule has 0 bridgehead atoms. The average Bonchev–Trinajstić information content (AvgIpc) is 3.28. The van der Waals surface area contributed by atoms with Crippen LogP contribution in [-0.4, -0.2) is 26.5 Å². The summed E-state index contributed by atoms with van der Waals surface area (Å²) in [7, 11) is 0. The standard InChI is InChI=1S/C25H20N4O2/c1-15-11-16(2)29(28-15)23-10-7-17(13-26-23)14-27-25(31)18-8-9-20-19-5-3-4-6-21(19)24(30)22(20)12-18/h3-13H,14H2,1-2H3,(H,27,31). The van der Waals surface area contributed by atoms with Crippen LogP contribution >= 0.6 is 0 Å². The topological polar surface area (TPSA) is 76.9 Å². The lowest BCUT2D eigenvalue weighted by Crippen LogP contribution is -2.23. The van der Waals surface area contributed by atoms with Crippen LogP contribution in [0.2, 0.25) is 0 Å². The molecule has 0 unspecified atom stereocenters. The summed E-state index contributed by atoms with van der Waals surface area (Å²) in [6, 6.07) is 18.6. The molecule has 2 aromatic heterocycles. The number of ketones is 1. The minimum Gasteiger partial charge on any atom is -0.348 e. The van der Waals surface area contributed by atoms with Gasteiger partial charge in [0, 0.05) is 35.1 Å². The molecule has 1 N–H and O–H groups in total. The van der Waals surface area contributed by atoms with Crippen LogP contribution < -0.4 is 5.32 Å². The van der Waals surface area contributed by atoms with Crippen molar-refractivity contribution in [3.05, 3.63) is 101 Å². The number of carbonyl (C=O) groups is 2. The molecule has 5 rings (SSSR count). The summed E-state index contributed by atoms with van der Waals surface area (Å²) in [5.74, 6) is 0.468. The number of carbonyl (C=O) groups excluding carboxylic acids is 2. The van der Waals surface area contributed by atoms with E-state index in [0.29, 0.717) is 23.2 Å². The van der Waals surface area contributed by atoms with Gasteiger partial charge in [-0.3, -0.25) is 9.59 Å². The molecule has 0 saturated carbocycles. The van der Waals surface area contributed by atoms with Gasteiger partial charge in [-0.1, -0.05) is 36.4 Å². The molecule has 0 fully saturated rings. The van der Waals surface area contributed by atoms with E-state index in [1.807, 2.05) is 62.4 Å². The quantitative estimate of drug-likeness (QED) is 0.487. The lowest BCUT2D eigenvalue weighted by atomic mass is 10.0. The van der Waals surface area contributed by atoms with E-state index in [2.05, 4.69) is 15.4 Å². The highest BCUT2D eigenvalue weighted by Crippen LogP contribution is 2.36. The molecular weight excluding hydrogens is 388 g/mol. The van der Waals surface area contributed by atoms with Gasteiger partial charge in [0.25, 0.3) is 5.91 Å². The predicted octanol–water partition coefficient (Wildman–Crippen LogP) is 4.03. The Kier molecular flexibility index (Phi) is 4.47. The molecule has 6 heteroatoms. The van der Waals surface area contributed by atoms with Crippen LogP contribution in [0.1, 0.15) is 43.2 Å². The maximum absolute atomic E-state index is 12.7. The summed E-state index contributed by atoms with van der Waals surface area (Å²) < 4.78 is 1.79. The van der Waals surface area contributed by atoms with Crippen LogP contribution in [0.4, 0.5) is 0 Å². The van der Waals surface area contributed by atoms with Gasteiger partial charge >= 0.3 is 0 Å². The summed E-state index contributed by atoms with van der Waals surface area (Å²) >= 11 is 0. The number of fused-ring (bicyclic) bond motifs is 3. The molecule has 0 radical (unpaired) electrons. The first kappa shape index (κ1) is 18.9. The van der Waals surface area contributed by atoms with E-state index in [4.69, 9.17) is 0 Å². The number of hydrogen-bond donors (Lipinski definition) is 1. The van der Waals surface area contributed by atoms with E-state index < -0.39 is 0 Å². The number of pyridine rings is 1. The fourth-order valence-corrected chi connectivity index (χ4v) is 3.96. The molecule has 6 nitrogen and oxygen atoms in total. The highest BCUT2D eigenvalue weighted by Gasteiger charge is 2.26. The zero-order valence-corrected chi connectivity index (χ0v) is 17.2. The third kappa shape index (κ3) is 3.32. The van der Waals surface area contributed by atoms with Crippen LogP contribution in [0.15, 0.2) is 66.9 Å². The third-order valence-corrected chi connectivity index (χ3v) is 5.48. The van der Waals surface area contributed by atoms with Crippen molar-refractivity contribution in [3.8, 4) is 16.9 Å². The molecule has 4 aromatic rings. The van der Waals surface area contributed by atoms with E-state index in [9.17, 15) is 9.59 Å². The summed E-state index contributed by atoms with van der Waals surface area (Å²) in [5.41, 5.74) is 6.35. The van der Waals surface area contributed by atoms with E-state index >= 15 is 0 Å². The number of benzene rings is 2. The van der Waals surface area contributed by atoms with Crippen molar-refractivity contribution in [1.29, 1.82) is 0 Å². The van der Waals surface area contributed by atoms with Crippen LogP contribution in [-0.2, 0) is 6.54 Å². The van der Waals surface area contributed by atoms with Gasteiger partial charge in [0.2, 0.25) is 0 Å². The summed E-state index contributed by atoms with van der Waals surface area (Å²) in [6.45, 7) is 4.27. The lowest BCUT2D eigenvalue weighted by Gasteiger charge is -2.08. The highest BCUT2D eigenvalue weighted by atomic mass is 16.1. The number of hydrogen-bond acceptors (Lipinski definition) is 4. The fraction of sp³-hybridized carbons (Fsp3) is 0.120. The van der Waals surface area contributed by atoms with Crippen molar-refractivity contribution in [1.82, 2.24) is 20.1 Å². The largest absolute Gasteiger partial charge is 0.348 e. The van der Waals surface area contributed by atoms with Crippen molar-refractivity contribution >= 4 is 11.7 Å². The first-order valence-corrected chi connectivity index (χ1v) is 10.1. The van der Waals surface area contributed by atoms with E-state index in [0.717, 1.165) is 33.9 Å². The van der Waals surface area contributed by atoms with Gasteiger partial charge in [0.1, 0.15) is 0 Å². The monoisotopic (exact) mass is 408 g/mol. The first-order valence-electron chi connectivity index (χ1n) is 10.1. The molecule has 0 saturated heterocycles. The highest BCUT2D eigenvalue weighted by molar-refractivity contribution is 6.22. The number of nitrogens with one attached hydrogen (secondary N) is 1. The van der Waals surface area contributed by atoms with Crippen molar-refractivity contribution in [2.45, 2.75) is 20.4 Å². The Morgan fingerprint density at radius 2 is 1.71 bits per heavy atom. The van der Waals surface area contributed by atoms with Gasteiger partial charge in [-0.15, -0.1) is 0 Å². The SMILES string of the molecule is Cc1cc(C)n(-c2ccc(CNC(=O)c3ccc4c(c3)C(=O)c3ccccc3-4)cn2)n1. The Balaban J connectivity index is 1.29. The Hall–Kier alpha value is -4.06. The molecule has 0 aliphatic heterocycles. The maximum Gasteiger partial charge on any atom is 0.251 e. The summed E-state index contributed by atoms with van der Waals surface area (Å²) in [4.78, 5) is 29.8. The smallest absolute Gasteiger partial charge is 0.251 e. The van der Waals surface area contributed by atoms with Gasteiger partial charge in [0.05, 0.1) is 5.69 Å². The second kappa shape index (κ2) is 7.32. The summed E-state index contributed by atoms with van der Waals surface area (Å²) in [5, 5.41) is 7.34. The zero-order chi connectivity index (χ0) is 21.5. The predicted molar refractivity (Wildman–Crippen MR) is 117 cm³/mol. The number of aryl methyl sites for hydroxylation is 2. The van der Waals surface area contributed by atoms with Crippen LogP contribution in [0.5, 0.6) is 0 Å². The van der Waals surface area contributed by atoms with Crippen molar-refractivity contribution < 1.29 is 9.59 Å². The van der Waals surface area contributed by atoms with Gasteiger partial charge < -0.3 is 5.32 Å². The number of amides is 1. The molecule has 152 valence electrons. The molecule has 1 aliphatic rings. The second-order valence-electron chi connectivity index (χ2n) is 7.68. The van der Waals surface area contributed by atoms with E-state index in [-0.39, 0.29) is 11.7 Å². The van der Waals surface area contributed by atoms with Gasteiger partial charge in [0.15, 0.2) is 11.6 Å². The normalized spacial score (nSPS) is 11.9. The summed E-state index contributed by atoms with van der Waals surface area (Å²) in [6.07, 6.45) is 1.73. The number of aromatic nitrogens is 3. The molecule has 2 heterocycles. The molecule has 1 amide bonds. The fourth-order valence-electron chi connectivity index (χ4n) is 3.96. The molecular formula is C25H20N4O2. The van der Waals surface area contributed by atoms with Gasteiger partial charge in [-0.25, -0.2) is 9.67 Å². The molecule has 1 aliphatic carbocycles. The Morgan fingerprint density at radius 1 is 0.935 bits per heavy atom. The van der Waals surface area contributed by atoms with E-state index in [1.54, 1.807) is 23.0 Å². The first-order chi connectivity index (χ1) is 15.0. The van der Waals surface area contributed by atoms with Crippen LogP contribution in [0.3, 0.4) is 0 Å². The Morgan fingerprint density at radius 3 is 2.42 bits per heavy atom. The molecule has 0 atom stereocenters. The molecule has 31 heavy (non-hydrogen) atoms. The van der Waals surface area contributed by atoms with Crippen molar-refractivity contribution in [3.63, 3.8) is 0 Å². The Bertz CT molecular complexity index is 1340. The van der Waals surface area contributed by atoms with E-state index in [1.165, 1.54) is 0 Å². The van der Waals surface area contributed by atoms with Crippen molar-refractivity contribution in [2.75, 3.05) is 0 Å². The van der Waals surface area contributed by atoms with Gasteiger partial charge in [-0.2, -0.15) is 5.10 Å². The minimum absolute atomic E-state index is 0.0378. The average molecular weight is 408 g/mol. The minimum atomic E-state index is -0.228. The Labute approximate surface area is 179 Å². The van der Waals surface area contributed by atoms with Gasteiger partial charge in [-0.05, 0) is 54.8 Å². The molecule has 2 aromatic carbocycles. The van der Waals surface area contributed by atoms with Crippen molar-refractivity contribution in [2.24, 2.45) is 0 Å². The lowest BCUT2D eigenvalue weighted by molar-refractivity contribution is 0.0951. The zero-order valence-electron chi connectivity index (χ0n) is 17.2. The molecule has 0 spiro atoms. The third-order valence-electron chi connectivity index (χ3n) is 5.48. The number of rotatable bonds is 4.